The molecule has 1 aromatic carbocycles. The minimum atomic E-state index is 0.278. The van der Waals surface area contributed by atoms with Gasteiger partial charge in [0.15, 0.2) is 5.65 Å². The van der Waals surface area contributed by atoms with Gasteiger partial charge in [0.25, 0.3) is 0 Å². The van der Waals surface area contributed by atoms with E-state index in [1.165, 1.54) is 9.71 Å². The molecule has 1 aliphatic rings. The van der Waals surface area contributed by atoms with Crippen LogP contribution in [0.25, 0.3) is 21.3 Å². The van der Waals surface area contributed by atoms with Crippen LogP contribution in [0.3, 0.4) is 0 Å². The molecule has 1 N–H and O–H groups in total. The summed E-state index contributed by atoms with van der Waals surface area (Å²) in [4.78, 5) is 16.0. The highest BCUT2D eigenvalue weighted by Gasteiger charge is 2.31. The van der Waals surface area contributed by atoms with Crippen molar-refractivity contribution in [3.63, 3.8) is 0 Å². The highest BCUT2D eigenvalue weighted by molar-refractivity contribution is 7.18. The molecule has 0 bridgehead atoms. The van der Waals surface area contributed by atoms with Gasteiger partial charge in [0.2, 0.25) is 0 Å². The van der Waals surface area contributed by atoms with Gasteiger partial charge in [-0.3, -0.25) is 5.10 Å². The first-order chi connectivity index (χ1) is 11.4. The third kappa shape index (κ3) is 2.00. The number of H-pyrrole nitrogens is 1. The number of para-hydroxylation sites is 1. The number of fused-ring (bicyclic) bond motifs is 2. The van der Waals surface area contributed by atoms with Crippen LogP contribution >= 0.6 is 11.3 Å². The Labute approximate surface area is 136 Å². The van der Waals surface area contributed by atoms with Crippen LogP contribution in [-0.4, -0.2) is 31.7 Å². The van der Waals surface area contributed by atoms with Crippen LogP contribution in [0.15, 0.2) is 36.8 Å². The predicted octanol–water partition coefficient (Wildman–Crippen LogP) is 3.30. The summed E-state index contributed by atoms with van der Waals surface area (Å²) >= 11 is 1.78. The van der Waals surface area contributed by atoms with Gasteiger partial charge in [-0.05, 0) is 25.0 Å². The third-order valence-electron chi connectivity index (χ3n) is 4.35. The average molecular weight is 322 g/mol. The molecule has 1 fully saturated rings. The van der Waals surface area contributed by atoms with Crippen LogP contribution in [-0.2, 0) is 0 Å². The Morgan fingerprint density at radius 3 is 3.13 bits per heavy atom. The fraction of sp³-hybridized carbons (Fsp3) is 0.250. The maximum atomic E-state index is 4.85. The zero-order chi connectivity index (χ0) is 15.2. The number of aromatic nitrogens is 5. The van der Waals surface area contributed by atoms with Gasteiger partial charge in [-0.1, -0.05) is 12.1 Å². The van der Waals surface area contributed by atoms with Crippen molar-refractivity contribution in [2.75, 3.05) is 11.4 Å². The molecule has 0 amide bonds. The Balaban J connectivity index is 1.61. The Bertz CT molecular complexity index is 957. The molecule has 4 heterocycles. The van der Waals surface area contributed by atoms with E-state index < -0.39 is 0 Å². The highest BCUT2D eigenvalue weighted by Crippen LogP contribution is 2.40. The zero-order valence-electron chi connectivity index (χ0n) is 12.3. The quantitative estimate of drug-likeness (QED) is 0.613. The Morgan fingerprint density at radius 1 is 1.22 bits per heavy atom. The lowest BCUT2D eigenvalue weighted by Crippen LogP contribution is -2.23. The Morgan fingerprint density at radius 2 is 2.17 bits per heavy atom. The van der Waals surface area contributed by atoms with Gasteiger partial charge in [-0.25, -0.2) is 15.0 Å². The lowest BCUT2D eigenvalue weighted by molar-refractivity contribution is 0.709. The molecule has 7 heteroatoms. The molecule has 0 spiro atoms. The van der Waals surface area contributed by atoms with Crippen LogP contribution in [0.4, 0.5) is 5.82 Å². The second-order valence-corrected chi connectivity index (χ2v) is 6.76. The minimum absolute atomic E-state index is 0.278. The zero-order valence-corrected chi connectivity index (χ0v) is 13.1. The van der Waals surface area contributed by atoms with Crippen molar-refractivity contribution in [3.8, 4) is 0 Å². The largest absolute Gasteiger partial charge is 0.346 e. The number of aromatic amines is 1. The lowest BCUT2D eigenvalue weighted by Gasteiger charge is -2.24. The van der Waals surface area contributed by atoms with Gasteiger partial charge in [0, 0.05) is 6.54 Å². The van der Waals surface area contributed by atoms with Crippen molar-refractivity contribution >= 4 is 38.4 Å². The van der Waals surface area contributed by atoms with E-state index in [4.69, 9.17) is 4.98 Å². The Kier molecular flexibility index (Phi) is 2.81. The van der Waals surface area contributed by atoms with E-state index >= 15 is 0 Å². The summed E-state index contributed by atoms with van der Waals surface area (Å²) in [5.41, 5.74) is 1.86. The molecule has 0 radical (unpaired) electrons. The molecule has 3 aromatic heterocycles. The number of hydrogen-bond acceptors (Lipinski definition) is 6. The van der Waals surface area contributed by atoms with Crippen LogP contribution in [0.1, 0.15) is 23.9 Å². The van der Waals surface area contributed by atoms with Gasteiger partial charge in [-0.2, -0.15) is 5.10 Å². The van der Waals surface area contributed by atoms with Gasteiger partial charge >= 0.3 is 0 Å². The summed E-state index contributed by atoms with van der Waals surface area (Å²) in [5.74, 6) is 0.950. The van der Waals surface area contributed by atoms with Gasteiger partial charge < -0.3 is 4.90 Å². The predicted molar refractivity (Wildman–Crippen MR) is 90.6 cm³/mol. The minimum Gasteiger partial charge on any atom is -0.346 e. The van der Waals surface area contributed by atoms with E-state index in [0.29, 0.717) is 0 Å². The van der Waals surface area contributed by atoms with Crippen LogP contribution < -0.4 is 4.90 Å². The van der Waals surface area contributed by atoms with Gasteiger partial charge in [0.1, 0.15) is 17.2 Å². The van der Waals surface area contributed by atoms with Crippen LogP contribution in [0.5, 0.6) is 0 Å². The number of benzene rings is 1. The monoisotopic (exact) mass is 322 g/mol. The SMILES string of the molecule is c1ccc2sc([C@H]3CCCN3c3ncnc4[nH]ncc34)nc2c1. The lowest BCUT2D eigenvalue weighted by atomic mass is 10.2. The molecule has 1 aliphatic heterocycles. The van der Waals surface area contributed by atoms with Crippen molar-refractivity contribution in [2.45, 2.75) is 18.9 Å². The van der Waals surface area contributed by atoms with Crippen molar-refractivity contribution in [1.82, 2.24) is 25.1 Å². The van der Waals surface area contributed by atoms with Crippen molar-refractivity contribution in [1.29, 1.82) is 0 Å². The fourth-order valence-electron chi connectivity index (χ4n) is 3.29. The van der Waals surface area contributed by atoms with E-state index in [9.17, 15) is 0 Å². The maximum Gasteiger partial charge on any atom is 0.160 e. The summed E-state index contributed by atoms with van der Waals surface area (Å²) in [6, 6.07) is 8.59. The number of anilines is 1. The van der Waals surface area contributed by atoms with Crippen molar-refractivity contribution in [2.24, 2.45) is 0 Å². The van der Waals surface area contributed by atoms with Crippen LogP contribution in [0.2, 0.25) is 0 Å². The molecule has 114 valence electrons. The number of nitrogens with zero attached hydrogens (tertiary/aromatic N) is 5. The van der Waals surface area contributed by atoms with Gasteiger partial charge in [0.05, 0.1) is 27.8 Å². The van der Waals surface area contributed by atoms with E-state index in [2.05, 4.69) is 43.3 Å². The molecular formula is C16H14N6S. The molecule has 23 heavy (non-hydrogen) atoms. The maximum absolute atomic E-state index is 4.85. The van der Waals surface area contributed by atoms with E-state index in [1.807, 2.05) is 6.07 Å². The number of thiazole rings is 1. The molecule has 6 nitrogen and oxygen atoms in total. The molecule has 1 atom stereocenters. The van der Waals surface area contributed by atoms with Crippen molar-refractivity contribution < 1.29 is 0 Å². The molecule has 0 unspecified atom stereocenters. The van der Waals surface area contributed by atoms with E-state index in [1.54, 1.807) is 23.9 Å². The second-order valence-electron chi connectivity index (χ2n) is 5.70. The number of rotatable bonds is 2. The summed E-state index contributed by atoms with van der Waals surface area (Å²) in [5, 5.41) is 9.16. The number of nitrogens with one attached hydrogen (secondary N) is 1. The third-order valence-corrected chi connectivity index (χ3v) is 5.48. The number of hydrogen-bond donors (Lipinski definition) is 1. The first-order valence-corrected chi connectivity index (χ1v) is 8.48. The normalized spacial score (nSPS) is 18.3. The molecular weight excluding hydrogens is 308 g/mol. The smallest absolute Gasteiger partial charge is 0.160 e. The molecule has 5 rings (SSSR count). The Hall–Kier alpha value is -2.54. The van der Waals surface area contributed by atoms with Gasteiger partial charge in [-0.15, -0.1) is 11.3 Å². The first-order valence-electron chi connectivity index (χ1n) is 7.66. The van der Waals surface area contributed by atoms with Crippen molar-refractivity contribution in [3.05, 3.63) is 41.8 Å². The highest BCUT2D eigenvalue weighted by atomic mass is 32.1. The summed E-state index contributed by atoms with van der Waals surface area (Å²) in [7, 11) is 0. The van der Waals surface area contributed by atoms with E-state index in [0.717, 1.165) is 41.8 Å². The summed E-state index contributed by atoms with van der Waals surface area (Å²) in [6.45, 7) is 0.984. The summed E-state index contributed by atoms with van der Waals surface area (Å²) < 4.78 is 1.24. The molecule has 1 saturated heterocycles. The fourth-order valence-corrected chi connectivity index (χ4v) is 4.41. The molecule has 0 saturated carbocycles. The topological polar surface area (TPSA) is 70.6 Å². The first kappa shape index (κ1) is 13.0. The summed E-state index contributed by atoms with van der Waals surface area (Å²) in [6.07, 6.45) is 5.65. The van der Waals surface area contributed by atoms with E-state index in [-0.39, 0.29) is 6.04 Å². The van der Waals surface area contributed by atoms with Crippen LogP contribution in [0, 0.1) is 0 Å². The molecule has 4 aromatic rings. The second kappa shape index (κ2) is 4.99. The molecule has 0 aliphatic carbocycles. The standard InChI is InChI=1S/C16H14N6S/c1-2-6-13-11(4-1)20-16(23-13)12-5-3-7-22(12)15-10-8-19-21-14(10)17-9-18-15/h1-2,4,6,8-9,12H,3,5,7H2,(H,17,18,19,21)/t12-/m1/s1. The average Bonchev–Trinajstić information content (AvgIpc) is 3.31.